The van der Waals surface area contributed by atoms with Gasteiger partial charge in [-0.25, -0.2) is 9.78 Å². The molecule has 0 spiro atoms. The van der Waals surface area contributed by atoms with Crippen molar-refractivity contribution in [2.45, 2.75) is 26.4 Å². The van der Waals surface area contributed by atoms with E-state index in [1.54, 1.807) is 30.5 Å². The number of nitrogens with zero attached hydrogens (tertiary/aromatic N) is 1. The summed E-state index contributed by atoms with van der Waals surface area (Å²) in [7, 11) is 0. The lowest BCUT2D eigenvalue weighted by atomic mass is 10.2. The topological polar surface area (TPSA) is 60.5 Å². The van der Waals surface area contributed by atoms with E-state index in [4.69, 9.17) is 9.47 Å². The minimum atomic E-state index is -0.522. The standard InChI is InChI=1S/C14H15BrN2O3S/c1-14(2,3)20-12(18)17-9-4-6-10(7-5-9)19-13-16-8-11(15)21-13/h4-8H,1-3H3,(H,17,18). The Kier molecular flexibility index (Phi) is 4.84. The summed E-state index contributed by atoms with van der Waals surface area (Å²) >= 11 is 4.72. The fraction of sp³-hybridized carbons (Fsp3) is 0.286. The summed E-state index contributed by atoms with van der Waals surface area (Å²) in [5.74, 6) is 0.645. The second-order valence-corrected chi connectivity index (χ2v) is 7.56. The third-order valence-corrected chi connectivity index (χ3v) is 3.52. The quantitative estimate of drug-likeness (QED) is 0.821. The molecular weight excluding hydrogens is 356 g/mol. The molecule has 2 aromatic rings. The monoisotopic (exact) mass is 370 g/mol. The maximum Gasteiger partial charge on any atom is 0.412 e. The molecule has 0 aliphatic heterocycles. The van der Waals surface area contributed by atoms with Gasteiger partial charge >= 0.3 is 6.09 Å². The van der Waals surface area contributed by atoms with Crippen LogP contribution in [-0.4, -0.2) is 16.7 Å². The van der Waals surface area contributed by atoms with Gasteiger partial charge in [-0.05, 0) is 61.0 Å². The van der Waals surface area contributed by atoms with Crippen LogP contribution in [0.3, 0.4) is 0 Å². The fourth-order valence-electron chi connectivity index (χ4n) is 1.42. The lowest BCUT2D eigenvalue weighted by molar-refractivity contribution is 0.0636. The molecule has 0 atom stereocenters. The molecule has 0 aliphatic carbocycles. The molecule has 1 heterocycles. The van der Waals surface area contributed by atoms with Gasteiger partial charge in [0.05, 0.1) is 9.98 Å². The van der Waals surface area contributed by atoms with Gasteiger partial charge in [-0.1, -0.05) is 11.3 Å². The lowest BCUT2D eigenvalue weighted by Crippen LogP contribution is -2.27. The number of carbonyl (C=O) groups is 1. The number of hydrogen-bond acceptors (Lipinski definition) is 5. The third kappa shape index (κ3) is 5.35. The zero-order valence-electron chi connectivity index (χ0n) is 11.8. The van der Waals surface area contributed by atoms with E-state index in [2.05, 4.69) is 26.2 Å². The molecule has 0 bridgehead atoms. The van der Waals surface area contributed by atoms with E-state index in [9.17, 15) is 4.79 Å². The van der Waals surface area contributed by atoms with Gasteiger partial charge in [0.1, 0.15) is 11.4 Å². The van der Waals surface area contributed by atoms with Crippen molar-refractivity contribution in [1.29, 1.82) is 0 Å². The van der Waals surface area contributed by atoms with E-state index in [0.29, 0.717) is 16.6 Å². The lowest BCUT2D eigenvalue weighted by Gasteiger charge is -2.19. The van der Waals surface area contributed by atoms with Crippen LogP contribution in [-0.2, 0) is 4.74 Å². The van der Waals surface area contributed by atoms with Gasteiger partial charge in [-0.2, -0.15) is 0 Å². The van der Waals surface area contributed by atoms with Crippen LogP contribution in [0, 0.1) is 0 Å². The van der Waals surface area contributed by atoms with Crippen molar-refractivity contribution in [2.24, 2.45) is 0 Å². The number of thiazole rings is 1. The summed E-state index contributed by atoms with van der Waals surface area (Å²) in [6.45, 7) is 5.45. The molecule has 21 heavy (non-hydrogen) atoms. The molecule has 112 valence electrons. The number of halogens is 1. The van der Waals surface area contributed by atoms with Crippen molar-refractivity contribution < 1.29 is 14.3 Å². The van der Waals surface area contributed by atoms with Crippen molar-refractivity contribution >= 4 is 39.0 Å². The Balaban J connectivity index is 1.94. The van der Waals surface area contributed by atoms with Gasteiger partial charge in [-0.3, -0.25) is 5.32 Å². The summed E-state index contributed by atoms with van der Waals surface area (Å²) in [5, 5.41) is 3.21. The molecule has 0 radical (unpaired) electrons. The smallest absolute Gasteiger partial charge is 0.412 e. The third-order valence-electron chi connectivity index (χ3n) is 2.16. The molecule has 0 saturated heterocycles. The number of benzene rings is 1. The van der Waals surface area contributed by atoms with Crippen LogP contribution >= 0.6 is 27.3 Å². The summed E-state index contributed by atoms with van der Waals surface area (Å²) in [5.41, 5.74) is 0.114. The fourth-order valence-corrected chi connectivity index (χ4v) is 2.45. The van der Waals surface area contributed by atoms with Gasteiger partial charge in [0.25, 0.3) is 5.19 Å². The van der Waals surface area contributed by atoms with E-state index < -0.39 is 11.7 Å². The molecule has 1 aromatic heterocycles. The Hall–Kier alpha value is -1.60. The molecule has 2 rings (SSSR count). The highest BCUT2D eigenvalue weighted by Crippen LogP contribution is 2.30. The molecule has 1 amide bonds. The highest BCUT2D eigenvalue weighted by Gasteiger charge is 2.16. The Morgan fingerprint density at radius 1 is 1.29 bits per heavy atom. The first-order valence-electron chi connectivity index (χ1n) is 6.21. The van der Waals surface area contributed by atoms with Gasteiger partial charge in [-0.15, -0.1) is 0 Å². The van der Waals surface area contributed by atoms with Crippen molar-refractivity contribution in [3.8, 4) is 10.9 Å². The highest BCUT2D eigenvalue weighted by atomic mass is 79.9. The predicted octanol–water partition coefficient (Wildman–Crippen LogP) is 5.04. The van der Waals surface area contributed by atoms with Crippen LogP contribution in [0.4, 0.5) is 10.5 Å². The average molecular weight is 371 g/mol. The number of nitrogens with one attached hydrogen (secondary N) is 1. The summed E-state index contributed by atoms with van der Waals surface area (Å²) in [6.07, 6.45) is 1.19. The maximum atomic E-state index is 11.6. The van der Waals surface area contributed by atoms with Gasteiger partial charge < -0.3 is 9.47 Å². The normalized spacial score (nSPS) is 11.0. The first kappa shape index (κ1) is 15.8. The summed E-state index contributed by atoms with van der Waals surface area (Å²) < 4.78 is 11.7. The van der Waals surface area contributed by atoms with Crippen molar-refractivity contribution in [1.82, 2.24) is 4.98 Å². The van der Waals surface area contributed by atoms with Crippen LogP contribution in [0.15, 0.2) is 34.2 Å². The number of aromatic nitrogens is 1. The van der Waals surface area contributed by atoms with Crippen LogP contribution < -0.4 is 10.1 Å². The maximum absolute atomic E-state index is 11.6. The van der Waals surface area contributed by atoms with Gasteiger partial charge in [0.2, 0.25) is 0 Å². The molecule has 0 saturated carbocycles. The zero-order valence-corrected chi connectivity index (χ0v) is 14.2. The van der Waals surface area contributed by atoms with E-state index in [1.165, 1.54) is 11.3 Å². The Morgan fingerprint density at radius 3 is 2.48 bits per heavy atom. The molecule has 0 fully saturated rings. The molecule has 1 N–H and O–H groups in total. The average Bonchev–Trinajstić information content (AvgIpc) is 2.75. The first-order valence-corrected chi connectivity index (χ1v) is 7.82. The van der Waals surface area contributed by atoms with E-state index in [-0.39, 0.29) is 0 Å². The van der Waals surface area contributed by atoms with Crippen LogP contribution in [0.5, 0.6) is 10.9 Å². The second kappa shape index (κ2) is 6.44. The number of rotatable bonds is 3. The first-order chi connectivity index (χ1) is 9.82. The number of carbonyl (C=O) groups excluding carboxylic acids is 1. The molecule has 1 aromatic carbocycles. The Bertz CT molecular complexity index is 620. The van der Waals surface area contributed by atoms with Gasteiger partial charge in [0, 0.05) is 5.69 Å². The Morgan fingerprint density at radius 2 is 1.95 bits per heavy atom. The number of amides is 1. The van der Waals surface area contributed by atoms with E-state index in [1.807, 2.05) is 20.8 Å². The molecule has 5 nitrogen and oxygen atoms in total. The molecule has 0 unspecified atom stereocenters. The molecule has 0 aliphatic rings. The Labute approximate surface area is 135 Å². The minimum Gasteiger partial charge on any atom is -0.444 e. The van der Waals surface area contributed by atoms with Crippen molar-refractivity contribution in [3.05, 3.63) is 34.2 Å². The van der Waals surface area contributed by atoms with Crippen LogP contribution in [0.1, 0.15) is 20.8 Å². The summed E-state index contributed by atoms with van der Waals surface area (Å²) in [6, 6.07) is 6.98. The number of hydrogen-bond donors (Lipinski definition) is 1. The minimum absolute atomic E-state index is 0.486. The number of anilines is 1. The van der Waals surface area contributed by atoms with Gasteiger partial charge in [0.15, 0.2) is 0 Å². The molecular formula is C14H15BrN2O3S. The number of ether oxygens (including phenoxy) is 2. The van der Waals surface area contributed by atoms with Crippen molar-refractivity contribution in [3.63, 3.8) is 0 Å². The summed E-state index contributed by atoms with van der Waals surface area (Å²) in [4.78, 5) is 15.7. The zero-order chi connectivity index (χ0) is 15.5. The molecule has 7 heteroatoms. The largest absolute Gasteiger partial charge is 0.444 e. The second-order valence-electron chi connectivity index (χ2n) is 5.18. The highest BCUT2D eigenvalue weighted by molar-refractivity contribution is 9.11. The SMILES string of the molecule is CC(C)(C)OC(=O)Nc1ccc(Oc2ncc(Br)s2)cc1. The van der Waals surface area contributed by atoms with Crippen LogP contribution in [0.25, 0.3) is 0 Å². The predicted molar refractivity (Wildman–Crippen MR) is 86.2 cm³/mol. The van der Waals surface area contributed by atoms with Crippen LogP contribution in [0.2, 0.25) is 0 Å². The van der Waals surface area contributed by atoms with E-state index >= 15 is 0 Å². The van der Waals surface area contributed by atoms with Crippen molar-refractivity contribution in [2.75, 3.05) is 5.32 Å². The van der Waals surface area contributed by atoms with E-state index in [0.717, 1.165) is 3.79 Å².